The van der Waals surface area contributed by atoms with Gasteiger partial charge in [-0.25, -0.2) is 4.79 Å². The number of para-hydroxylation sites is 2. The molecule has 1 aromatic rings. The van der Waals surface area contributed by atoms with Gasteiger partial charge in [-0.2, -0.15) is 0 Å². The minimum atomic E-state index is -1.11. The molecular formula is C12H11NO4. The number of anilines is 1. The fourth-order valence-electron chi connectivity index (χ4n) is 1.62. The zero-order chi connectivity index (χ0) is 12.4. The molecule has 2 rings (SSSR count). The number of carboxylic acids is 1. The van der Waals surface area contributed by atoms with Gasteiger partial charge >= 0.3 is 5.97 Å². The van der Waals surface area contributed by atoms with Crippen LogP contribution >= 0.6 is 0 Å². The normalized spacial score (nSPS) is 19.0. The average molecular weight is 233 g/mol. The maximum atomic E-state index is 11.9. The van der Waals surface area contributed by atoms with Crippen LogP contribution in [0.2, 0.25) is 0 Å². The highest BCUT2D eigenvalue weighted by Gasteiger charge is 2.30. The van der Waals surface area contributed by atoms with Crippen LogP contribution in [0.25, 0.3) is 0 Å². The van der Waals surface area contributed by atoms with E-state index in [-0.39, 0.29) is 5.91 Å². The van der Waals surface area contributed by atoms with Crippen LogP contribution in [-0.4, -0.2) is 30.1 Å². The highest BCUT2D eigenvalue weighted by atomic mass is 16.5. The maximum absolute atomic E-state index is 11.9. The van der Waals surface area contributed by atoms with E-state index in [1.54, 1.807) is 31.3 Å². The van der Waals surface area contributed by atoms with Crippen molar-refractivity contribution in [3.8, 4) is 5.75 Å². The van der Waals surface area contributed by atoms with Crippen molar-refractivity contribution in [1.29, 1.82) is 0 Å². The highest BCUT2D eigenvalue weighted by Crippen LogP contribution is 2.32. The highest BCUT2D eigenvalue weighted by molar-refractivity contribution is 6.01. The van der Waals surface area contributed by atoms with Crippen molar-refractivity contribution >= 4 is 17.6 Å². The molecule has 0 aromatic heterocycles. The summed E-state index contributed by atoms with van der Waals surface area (Å²) in [5.41, 5.74) is 0.678. The molecule has 1 atom stereocenters. The van der Waals surface area contributed by atoms with Crippen LogP contribution in [0.5, 0.6) is 5.75 Å². The lowest BCUT2D eigenvalue weighted by molar-refractivity contribution is -0.131. The molecule has 0 saturated carbocycles. The number of hydrogen-bond donors (Lipinski definition) is 1. The van der Waals surface area contributed by atoms with Crippen LogP contribution in [0.3, 0.4) is 0 Å². The molecule has 5 nitrogen and oxygen atoms in total. The van der Waals surface area contributed by atoms with Gasteiger partial charge in [0.1, 0.15) is 5.75 Å². The molecule has 5 heteroatoms. The first-order valence-corrected chi connectivity index (χ1v) is 5.04. The summed E-state index contributed by atoms with van der Waals surface area (Å²) >= 11 is 0. The molecule has 0 saturated heterocycles. The van der Waals surface area contributed by atoms with Crippen LogP contribution in [0.4, 0.5) is 5.69 Å². The summed E-state index contributed by atoms with van der Waals surface area (Å²) in [4.78, 5) is 23.7. The first kappa shape index (κ1) is 11.2. The molecule has 1 aliphatic heterocycles. The third-order valence-corrected chi connectivity index (χ3v) is 2.47. The van der Waals surface area contributed by atoms with Crippen molar-refractivity contribution in [2.45, 2.75) is 6.10 Å². The summed E-state index contributed by atoms with van der Waals surface area (Å²) in [6.07, 6.45) is 1.26. The standard InChI is InChI=1S/C12H11NO4/c1-13-8-4-2-3-5-9(8)17-10(12(13)16)6-7-11(14)15/h2-7,10H,1H3,(H,14,15)/b7-6+. The topological polar surface area (TPSA) is 66.8 Å². The van der Waals surface area contributed by atoms with Crippen LogP contribution < -0.4 is 9.64 Å². The van der Waals surface area contributed by atoms with Gasteiger partial charge in [0.25, 0.3) is 5.91 Å². The molecule has 1 amide bonds. The second-order valence-electron chi connectivity index (χ2n) is 3.60. The van der Waals surface area contributed by atoms with Gasteiger partial charge in [-0.3, -0.25) is 4.79 Å². The summed E-state index contributed by atoms with van der Waals surface area (Å²) < 4.78 is 5.42. The lowest BCUT2D eigenvalue weighted by atomic mass is 10.2. The van der Waals surface area contributed by atoms with Gasteiger partial charge in [-0.15, -0.1) is 0 Å². The Morgan fingerprint density at radius 3 is 2.88 bits per heavy atom. The SMILES string of the molecule is CN1C(=O)C(/C=C/C(=O)O)Oc2ccccc21. The molecule has 1 heterocycles. The number of carbonyl (C=O) groups excluding carboxylic acids is 1. The van der Waals surface area contributed by atoms with E-state index in [4.69, 9.17) is 9.84 Å². The van der Waals surface area contributed by atoms with E-state index < -0.39 is 12.1 Å². The van der Waals surface area contributed by atoms with E-state index in [0.29, 0.717) is 11.4 Å². The van der Waals surface area contributed by atoms with Crippen LogP contribution in [0.15, 0.2) is 36.4 Å². The molecule has 1 N–H and O–H groups in total. The Balaban J connectivity index is 2.31. The second-order valence-corrected chi connectivity index (χ2v) is 3.60. The van der Waals surface area contributed by atoms with Gasteiger partial charge in [0, 0.05) is 13.1 Å². The van der Waals surface area contributed by atoms with Gasteiger partial charge in [-0.05, 0) is 18.2 Å². The summed E-state index contributed by atoms with van der Waals surface area (Å²) in [7, 11) is 1.63. The Hall–Kier alpha value is -2.30. The minimum absolute atomic E-state index is 0.291. The van der Waals surface area contributed by atoms with E-state index in [1.807, 2.05) is 0 Å². The number of hydrogen-bond acceptors (Lipinski definition) is 3. The number of rotatable bonds is 2. The predicted molar refractivity (Wildman–Crippen MR) is 61.0 cm³/mol. The van der Waals surface area contributed by atoms with Gasteiger partial charge in [0.15, 0.2) is 6.10 Å². The van der Waals surface area contributed by atoms with Crippen LogP contribution in [0, 0.1) is 0 Å². The van der Waals surface area contributed by atoms with Gasteiger partial charge in [-0.1, -0.05) is 12.1 Å². The number of aliphatic carboxylic acids is 1. The number of carboxylic acid groups (broad SMARTS) is 1. The molecular weight excluding hydrogens is 222 g/mol. The van der Waals surface area contributed by atoms with Crippen molar-refractivity contribution in [1.82, 2.24) is 0 Å². The van der Waals surface area contributed by atoms with Crippen molar-refractivity contribution in [3.63, 3.8) is 0 Å². The summed E-state index contributed by atoms with van der Waals surface area (Å²) in [6, 6.07) is 7.10. The molecule has 0 fully saturated rings. The Morgan fingerprint density at radius 2 is 2.18 bits per heavy atom. The number of benzene rings is 1. The fourth-order valence-corrected chi connectivity index (χ4v) is 1.62. The smallest absolute Gasteiger partial charge is 0.328 e. The molecule has 17 heavy (non-hydrogen) atoms. The van der Waals surface area contributed by atoms with E-state index >= 15 is 0 Å². The molecule has 1 unspecified atom stereocenters. The van der Waals surface area contributed by atoms with Crippen molar-refractivity contribution in [2.24, 2.45) is 0 Å². The Kier molecular flexibility index (Phi) is 2.82. The molecule has 0 spiro atoms. The fraction of sp³-hybridized carbons (Fsp3) is 0.167. The zero-order valence-electron chi connectivity index (χ0n) is 9.16. The van der Waals surface area contributed by atoms with Crippen molar-refractivity contribution < 1.29 is 19.4 Å². The van der Waals surface area contributed by atoms with Crippen LogP contribution in [0.1, 0.15) is 0 Å². The largest absolute Gasteiger partial charge is 0.478 e. The number of fused-ring (bicyclic) bond motifs is 1. The Morgan fingerprint density at radius 1 is 1.47 bits per heavy atom. The molecule has 0 aliphatic carbocycles. The molecule has 0 radical (unpaired) electrons. The summed E-state index contributed by atoms with van der Waals surface area (Å²) in [5, 5.41) is 8.52. The predicted octanol–water partition coefficient (Wildman–Crippen LogP) is 1.05. The van der Waals surface area contributed by atoms with E-state index in [2.05, 4.69) is 0 Å². The first-order chi connectivity index (χ1) is 8.09. The Bertz CT molecular complexity index is 495. The van der Waals surface area contributed by atoms with Gasteiger partial charge in [0.2, 0.25) is 0 Å². The number of ether oxygens (including phenoxy) is 1. The lowest BCUT2D eigenvalue weighted by Gasteiger charge is -2.30. The number of amides is 1. The molecule has 1 aromatic carbocycles. The monoisotopic (exact) mass is 233 g/mol. The average Bonchev–Trinajstić information content (AvgIpc) is 2.32. The number of likely N-dealkylation sites (N-methyl/N-ethyl adjacent to an activating group) is 1. The third kappa shape index (κ3) is 2.13. The maximum Gasteiger partial charge on any atom is 0.328 e. The number of nitrogens with zero attached hydrogens (tertiary/aromatic N) is 1. The van der Waals surface area contributed by atoms with E-state index in [1.165, 1.54) is 11.0 Å². The third-order valence-electron chi connectivity index (χ3n) is 2.47. The second kappa shape index (κ2) is 4.29. The molecule has 88 valence electrons. The quantitative estimate of drug-likeness (QED) is 0.775. The first-order valence-electron chi connectivity index (χ1n) is 5.04. The lowest BCUT2D eigenvalue weighted by Crippen LogP contribution is -2.42. The van der Waals surface area contributed by atoms with Crippen molar-refractivity contribution in [2.75, 3.05) is 11.9 Å². The minimum Gasteiger partial charge on any atom is -0.478 e. The molecule has 1 aliphatic rings. The summed E-state index contributed by atoms with van der Waals surface area (Å²) in [5.74, 6) is -0.834. The van der Waals surface area contributed by atoms with Gasteiger partial charge < -0.3 is 14.7 Å². The number of carbonyl (C=O) groups is 2. The van der Waals surface area contributed by atoms with Crippen molar-refractivity contribution in [3.05, 3.63) is 36.4 Å². The summed E-state index contributed by atoms with van der Waals surface area (Å²) in [6.45, 7) is 0. The zero-order valence-corrected chi connectivity index (χ0v) is 9.16. The van der Waals surface area contributed by atoms with Crippen LogP contribution in [-0.2, 0) is 9.59 Å². The molecule has 0 bridgehead atoms. The Labute approximate surface area is 97.9 Å². The van der Waals surface area contributed by atoms with Gasteiger partial charge in [0.05, 0.1) is 5.69 Å². The van der Waals surface area contributed by atoms with E-state index in [9.17, 15) is 9.59 Å². The van der Waals surface area contributed by atoms with E-state index in [0.717, 1.165) is 6.08 Å².